The van der Waals surface area contributed by atoms with Crippen molar-refractivity contribution in [3.63, 3.8) is 0 Å². The van der Waals surface area contributed by atoms with E-state index in [1.165, 1.54) is 0 Å². The molecule has 4 heteroatoms. The molecule has 0 bridgehead atoms. The molecule has 1 aromatic carbocycles. The summed E-state index contributed by atoms with van der Waals surface area (Å²) in [6, 6.07) is 7.66. The first-order valence-corrected chi connectivity index (χ1v) is 7.75. The van der Waals surface area contributed by atoms with Gasteiger partial charge in [-0.05, 0) is 43.0 Å². The number of rotatable bonds is 6. The van der Waals surface area contributed by atoms with Crippen molar-refractivity contribution in [2.24, 2.45) is 5.92 Å². The molecular weight excluding hydrogens is 266 g/mol. The Morgan fingerprint density at radius 1 is 1.33 bits per heavy atom. The van der Waals surface area contributed by atoms with Gasteiger partial charge in [0.05, 0.1) is 6.61 Å². The second-order valence-electron chi connectivity index (χ2n) is 6.17. The van der Waals surface area contributed by atoms with Gasteiger partial charge in [0.1, 0.15) is 11.8 Å². The highest BCUT2D eigenvalue weighted by Crippen LogP contribution is 2.21. The van der Waals surface area contributed by atoms with Crippen LogP contribution in [0.1, 0.15) is 38.7 Å². The lowest BCUT2D eigenvalue weighted by Gasteiger charge is -2.32. The number of carbonyl (C=O) groups is 1. The van der Waals surface area contributed by atoms with Gasteiger partial charge in [-0.15, -0.1) is 0 Å². The molecule has 2 rings (SSSR count). The van der Waals surface area contributed by atoms with Gasteiger partial charge < -0.3 is 9.84 Å². The van der Waals surface area contributed by atoms with Crippen molar-refractivity contribution in [1.82, 2.24) is 4.90 Å². The smallest absolute Gasteiger partial charge is 0.320 e. The highest BCUT2D eigenvalue weighted by molar-refractivity contribution is 5.73. The molecule has 0 amide bonds. The molecule has 1 aromatic rings. The molecule has 1 unspecified atom stereocenters. The molecule has 0 radical (unpaired) electrons. The van der Waals surface area contributed by atoms with Crippen LogP contribution in [0.15, 0.2) is 24.3 Å². The zero-order valence-corrected chi connectivity index (χ0v) is 12.9. The van der Waals surface area contributed by atoms with Crippen LogP contribution in [0.25, 0.3) is 0 Å². The fourth-order valence-electron chi connectivity index (χ4n) is 2.65. The number of benzene rings is 1. The summed E-state index contributed by atoms with van der Waals surface area (Å²) < 4.78 is 5.66. The Morgan fingerprint density at radius 2 is 2.05 bits per heavy atom. The van der Waals surface area contributed by atoms with Gasteiger partial charge in [-0.25, -0.2) is 0 Å². The molecule has 4 nitrogen and oxygen atoms in total. The highest BCUT2D eigenvalue weighted by Gasteiger charge is 2.28. The summed E-state index contributed by atoms with van der Waals surface area (Å²) in [6.07, 6.45) is 2.85. The van der Waals surface area contributed by atoms with Gasteiger partial charge in [-0.1, -0.05) is 32.4 Å². The number of carboxylic acid groups (broad SMARTS) is 1. The molecule has 0 aliphatic carbocycles. The molecule has 1 atom stereocenters. The molecular formula is C17H25NO3. The number of likely N-dealkylation sites (tertiary alicyclic amines) is 1. The van der Waals surface area contributed by atoms with E-state index in [0.29, 0.717) is 19.1 Å². The monoisotopic (exact) mass is 291 g/mol. The zero-order valence-electron chi connectivity index (χ0n) is 12.9. The van der Waals surface area contributed by atoms with E-state index in [2.05, 4.69) is 18.7 Å². The Balaban J connectivity index is 1.94. The summed E-state index contributed by atoms with van der Waals surface area (Å²) in [5.41, 5.74) is 1.14. The van der Waals surface area contributed by atoms with Crippen molar-refractivity contribution in [3.05, 3.63) is 29.8 Å². The number of hydrogen-bond acceptors (Lipinski definition) is 3. The minimum absolute atomic E-state index is 0.337. The van der Waals surface area contributed by atoms with Crippen LogP contribution < -0.4 is 4.74 Å². The maximum atomic E-state index is 11.3. The highest BCUT2D eigenvalue weighted by atomic mass is 16.5. The van der Waals surface area contributed by atoms with Gasteiger partial charge in [0.25, 0.3) is 0 Å². The van der Waals surface area contributed by atoms with E-state index in [0.717, 1.165) is 37.1 Å². The number of aliphatic carboxylic acids is 1. The molecule has 1 fully saturated rings. The van der Waals surface area contributed by atoms with Crippen LogP contribution in [0, 0.1) is 5.92 Å². The Labute approximate surface area is 126 Å². The zero-order chi connectivity index (χ0) is 15.2. The molecule has 1 heterocycles. The van der Waals surface area contributed by atoms with E-state index >= 15 is 0 Å². The van der Waals surface area contributed by atoms with Crippen LogP contribution in [-0.4, -0.2) is 35.2 Å². The summed E-state index contributed by atoms with van der Waals surface area (Å²) in [5.74, 6) is 0.682. The van der Waals surface area contributed by atoms with Gasteiger partial charge in [-0.2, -0.15) is 0 Å². The third-order valence-electron chi connectivity index (χ3n) is 3.79. The molecule has 1 aliphatic heterocycles. The van der Waals surface area contributed by atoms with E-state index in [1.54, 1.807) is 0 Å². The summed E-state index contributed by atoms with van der Waals surface area (Å²) in [6.45, 7) is 6.52. The topological polar surface area (TPSA) is 49.8 Å². The molecule has 0 aromatic heterocycles. The van der Waals surface area contributed by atoms with Crippen LogP contribution >= 0.6 is 0 Å². The lowest BCUT2D eigenvalue weighted by atomic mass is 10.0. The minimum Gasteiger partial charge on any atom is -0.493 e. The lowest BCUT2D eigenvalue weighted by Crippen LogP contribution is -2.43. The van der Waals surface area contributed by atoms with E-state index in [4.69, 9.17) is 4.74 Å². The molecule has 21 heavy (non-hydrogen) atoms. The second-order valence-corrected chi connectivity index (χ2v) is 6.17. The number of carboxylic acids is 1. The number of ether oxygens (including phenoxy) is 1. The van der Waals surface area contributed by atoms with Crippen LogP contribution in [0.5, 0.6) is 5.75 Å². The van der Waals surface area contributed by atoms with E-state index in [9.17, 15) is 9.90 Å². The quantitative estimate of drug-likeness (QED) is 0.874. The first-order valence-electron chi connectivity index (χ1n) is 7.75. The average molecular weight is 291 g/mol. The summed E-state index contributed by atoms with van der Waals surface area (Å²) in [5, 5.41) is 9.29. The van der Waals surface area contributed by atoms with Crippen LogP contribution in [0.3, 0.4) is 0 Å². The van der Waals surface area contributed by atoms with Crippen molar-refractivity contribution in [2.75, 3.05) is 13.2 Å². The third-order valence-corrected chi connectivity index (χ3v) is 3.79. The Kier molecular flexibility index (Phi) is 5.62. The fourth-order valence-corrected chi connectivity index (χ4v) is 2.65. The second kappa shape index (κ2) is 7.46. The van der Waals surface area contributed by atoms with Crippen molar-refractivity contribution < 1.29 is 14.6 Å². The number of nitrogens with zero attached hydrogens (tertiary/aromatic N) is 1. The molecule has 0 saturated carbocycles. The molecule has 1 saturated heterocycles. The predicted octanol–water partition coefficient (Wildman–Crippen LogP) is 3.16. The Bertz CT molecular complexity index is 456. The van der Waals surface area contributed by atoms with Gasteiger partial charge >= 0.3 is 5.97 Å². The lowest BCUT2D eigenvalue weighted by molar-refractivity contribution is -0.144. The van der Waals surface area contributed by atoms with E-state index in [-0.39, 0.29) is 6.04 Å². The first kappa shape index (κ1) is 15.8. The number of piperidine rings is 1. The van der Waals surface area contributed by atoms with Gasteiger partial charge in [0.15, 0.2) is 0 Å². The largest absolute Gasteiger partial charge is 0.493 e. The van der Waals surface area contributed by atoms with Gasteiger partial charge in [0.2, 0.25) is 0 Å². The predicted molar refractivity (Wildman–Crippen MR) is 82.5 cm³/mol. The van der Waals surface area contributed by atoms with Gasteiger partial charge in [0, 0.05) is 6.54 Å². The minimum atomic E-state index is -0.702. The Hall–Kier alpha value is -1.55. The first-order chi connectivity index (χ1) is 10.1. The van der Waals surface area contributed by atoms with Crippen molar-refractivity contribution in [2.45, 2.75) is 45.7 Å². The van der Waals surface area contributed by atoms with Crippen LogP contribution in [0.4, 0.5) is 0 Å². The third kappa shape index (κ3) is 4.74. The number of hydrogen-bond donors (Lipinski definition) is 1. The summed E-state index contributed by atoms with van der Waals surface area (Å²) in [7, 11) is 0. The normalized spacial score (nSPS) is 19.7. The average Bonchev–Trinajstić information content (AvgIpc) is 2.47. The van der Waals surface area contributed by atoms with E-state index in [1.807, 2.05) is 24.3 Å². The summed E-state index contributed by atoms with van der Waals surface area (Å²) in [4.78, 5) is 13.4. The van der Waals surface area contributed by atoms with Crippen LogP contribution in [0.2, 0.25) is 0 Å². The SMILES string of the molecule is CC(C)COc1ccc(CN2CCCCC2C(=O)O)cc1. The molecule has 116 valence electrons. The van der Waals surface area contributed by atoms with E-state index < -0.39 is 5.97 Å². The molecule has 0 spiro atoms. The van der Waals surface area contributed by atoms with Crippen molar-refractivity contribution in [1.29, 1.82) is 0 Å². The summed E-state index contributed by atoms with van der Waals surface area (Å²) >= 11 is 0. The molecule has 1 aliphatic rings. The van der Waals surface area contributed by atoms with Crippen molar-refractivity contribution in [3.8, 4) is 5.75 Å². The maximum absolute atomic E-state index is 11.3. The standard InChI is InChI=1S/C17H25NO3/c1-13(2)12-21-15-8-6-14(7-9-15)11-18-10-4-3-5-16(18)17(19)20/h6-9,13,16H,3-5,10-12H2,1-2H3,(H,19,20). The molecule has 1 N–H and O–H groups in total. The Morgan fingerprint density at radius 3 is 2.67 bits per heavy atom. The van der Waals surface area contributed by atoms with Gasteiger partial charge in [-0.3, -0.25) is 9.69 Å². The van der Waals surface area contributed by atoms with Crippen molar-refractivity contribution >= 4 is 5.97 Å². The maximum Gasteiger partial charge on any atom is 0.320 e. The van der Waals surface area contributed by atoms with Crippen LogP contribution in [-0.2, 0) is 11.3 Å². The fraction of sp³-hybridized carbons (Fsp3) is 0.588.